The van der Waals surface area contributed by atoms with Crippen LogP contribution in [0.5, 0.6) is 0 Å². The van der Waals surface area contributed by atoms with E-state index < -0.39 is 0 Å². The number of hydrogen-bond acceptors (Lipinski definition) is 2. The summed E-state index contributed by atoms with van der Waals surface area (Å²) in [6.07, 6.45) is 4.18. The van der Waals surface area contributed by atoms with E-state index in [9.17, 15) is 0 Å². The second-order valence-corrected chi connectivity index (χ2v) is 4.62. The van der Waals surface area contributed by atoms with Gasteiger partial charge in [-0.2, -0.15) is 0 Å². The second-order valence-electron chi connectivity index (χ2n) is 4.62. The molecule has 0 heterocycles. The standard InChI is InChI=1S/C10H22N2/c1-8(6-9-4-5-9)10(2,11)7-12-3/h8-9,12H,4-7,11H2,1-3H3. The van der Waals surface area contributed by atoms with Crippen LogP contribution >= 0.6 is 0 Å². The average molecular weight is 170 g/mol. The van der Waals surface area contributed by atoms with Crippen LogP contribution in [0.4, 0.5) is 0 Å². The van der Waals surface area contributed by atoms with Gasteiger partial charge in [-0.3, -0.25) is 0 Å². The van der Waals surface area contributed by atoms with Gasteiger partial charge in [0.2, 0.25) is 0 Å². The number of hydrogen-bond donors (Lipinski definition) is 2. The molecule has 1 fully saturated rings. The van der Waals surface area contributed by atoms with Crippen LogP contribution in [0, 0.1) is 11.8 Å². The van der Waals surface area contributed by atoms with Gasteiger partial charge in [-0.25, -0.2) is 0 Å². The Hall–Kier alpha value is -0.0800. The highest BCUT2D eigenvalue weighted by atomic mass is 14.9. The molecule has 1 aliphatic rings. The van der Waals surface area contributed by atoms with E-state index in [1.165, 1.54) is 19.3 Å². The van der Waals surface area contributed by atoms with Crippen molar-refractivity contribution in [2.24, 2.45) is 17.6 Å². The summed E-state index contributed by atoms with van der Waals surface area (Å²) in [5, 5.41) is 3.16. The van der Waals surface area contributed by atoms with Crippen molar-refractivity contribution in [2.45, 2.75) is 38.6 Å². The fourth-order valence-corrected chi connectivity index (χ4v) is 1.68. The Morgan fingerprint density at radius 1 is 1.58 bits per heavy atom. The molecule has 2 nitrogen and oxygen atoms in total. The van der Waals surface area contributed by atoms with Crippen LogP contribution in [0.1, 0.15) is 33.1 Å². The zero-order valence-electron chi connectivity index (χ0n) is 8.56. The van der Waals surface area contributed by atoms with E-state index in [1.807, 2.05) is 7.05 Å². The Bertz CT molecular complexity index is 139. The lowest BCUT2D eigenvalue weighted by Gasteiger charge is -2.31. The summed E-state index contributed by atoms with van der Waals surface area (Å²) in [6.45, 7) is 5.34. The van der Waals surface area contributed by atoms with Crippen molar-refractivity contribution in [3.05, 3.63) is 0 Å². The Morgan fingerprint density at radius 3 is 2.58 bits per heavy atom. The first kappa shape index (κ1) is 10.0. The van der Waals surface area contributed by atoms with Gasteiger partial charge in [0.1, 0.15) is 0 Å². The Kier molecular flexibility index (Phi) is 3.13. The van der Waals surface area contributed by atoms with Crippen molar-refractivity contribution in [3.8, 4) is 0 Å². The monoisotopic (exact) mass is 170 g/mol. The van der Waals surface area contributed by atoms with E-state index in [4.69, 9.17) is 5.73 Å². The molecule has 0 amide bonds. The topological polar surface area (TPSA) is 38.0 Å². The van der Waals surface area contributed by atoms with Crippen LogP contribution in [0.3, 0.4) is 0 Å². The zero-order chi connectivity index (χ0) is 9.19. The van der Waals surface area contributed by atoms with Crippen molar-refractivity contribution < 1.29 is 0 Å². The number of rotatable bonds is 5. The van der Waals surface area contributed by atoms with Crippen LogP contribution < -0.4 is 11.1 Å². The maximum Gasteiger partial charge on any atom is 0.0278 e. The summed E-state index contributed by atoms with van der Waals surface area (Å²) in [5.74, 6) is 1.62. The van der Waals surface area contributed by atoms with Gasteiger partial charge in [-0.1, -0.05) is 19.8 Å². The lowest BCUT2D eigenvalue weighted by Crippen LogP contribution is -2.50. The van der Waals surface area contributed by atoms with Crippen molar-refractivity contribution in [2.75, 3.05) is 13.6 Å². The highest BCUT2D eigenvalue weighted by Gasteiger charge is 2.31. The predicted octanol–water partition coefficient (Wildman–Crippen LogP) is 1.36. The van der Waals surface area contributed by atoms with Crippen molar-refractivity contribution in [1.29, 1.82) is 0 Å². The largest absolute Gasteiger partial charge is 0.324 e. The first-order chi connectivity index (χ1) is 5.56. The van der Waals surface area contributed by atoms with E-state index in [0.717, 1.165) is 12.5 Å². The average Bonchev–Trinajstić information content (AvgIpc) is 2.71. The maximum atomic E-state index is 6.18. The van der Waals surface area contributed by atoms with Crippen LogP contribution in [-0.4, -0.2) is 19.1 Å². The lowest BCUT2D eigenvalue weighted by molar-refractivity contribution is 0.282. The molecule has 0 saturated heterocycles. The highest BCUT2D eigenvalue weighted by molar-refractivity contribution is 4.89. The van der Waals surface area contributed by atoms with E-state index in [2.05, 4.69) is 19.2 Å². The third-order valence-electron chi connectivity index (χ3n) is 3.07. The lowest BCUT2D eigenvalue weighted by atomic mass is 9.84. The molecule has 1 aliphatic carbocycles. The molecular weight excluding hydrogens is 148 g/mol. The normalized spacial score (nSPS) is 25.0. The van der Waals surface area contributed by atoms with E-state index >= 15 is 0 Å². The van der Waals surface area contributed by atoms with Crippen molar-refractivity contribution in [1.82, 2.24) is 5.32 Å². The number of nitrogens with two attached hydrogens (primary N) is 1. The minimum atomic E-state index is -0.0304. The van der Waals surface area contributed by atoms with Crippen LogP contribution in [0.25, 0.3) is 0 Å². The Morgan fingerprint density at radius 2 is 2.17 bits per heavy atom. The minimum absolute atomic E-state index is 0.0304. The molecule has 0 aliphatic heterocycles. The molecule has 1 rings (SSSR count). The second kappa shape index (κ2) is 3.75. The molecule has 0 aromatic carbocycles. The predicted molar refractivity (Wildman–Crippen MR) is 53.0 cm³/mol. The molecule has 2 heteroatoms. The SMILES string of the molecule is CNCC(C)(N)C(C)CC1CC1. The molecule has 0 radical (unpaired) electrons. The molecule has 0 spiro atoms. The van der Waals surface area contributed by atoms with E-state index in [1.54, 1.807) is 0 Å². The maximum absolute atomic E-state index is 6.18. The molecular formula is C10H22N2. The fourth-order valence-electron chi connectivity index (χ4n) is 1.68. The van der Waals surface area contributed by atoms with E-state index in [0.29, 0.717) is 5.92 Å². The molecule has 2 unspecified atom stereocenters. The fraction of sp³-hybridized carbons (Fsp3) is 1.00. The third kappa shape index (κ3) is 2.76. The Balaban J connectivity index is 2.30. The molecule has 2 atom stereocenters. The quantitative estimate of drug-likeness (QED) is 0.654. The van der Waals surface area contributed by atoms with Gasteiger partial charge in [0, 0.05) is 12.1 Å². The number of nitrogens with one attached hydrogen (secondary N) is 1. The van der Waals surface area contributed by atoms with E-state index in [-0.39, 0.29) is 5.54 Å². The first-order valence-corrected chi connectivity index (χ1v) is 4.99. The van der Waals surface area contributed by atoms with Crippen LogP contribution in [0.2, 0.25) is 0 Å². The molecule has 12 heavy (non-hydrogen) atoms. The van der Waals surface area contributed by atoms with Gasteiger partial charge in [-0.15, -0.1) is 0 Å². The van der Waals surface area contributed by atoms with Gasteiger partial charge < -0.3 is 11.1 Å². The highest BCUT2D eigenvalue weighted by Crippen LogP contribution is 2.37. The number of likely N-dealkylation sites (N-methyl/N-ethyl adjacent to an activating group) is 1. The summed E-state index contributed by atoms with van der Waals surface area (Å²) < 4.78 is 0. The molecule has 1 saturated carbocycles. The van der Waals surface area contributed by atoms with Gasteiger partial charge in [0.15, 0.2) is 0 Å². The summed E-state index contributed by atoms with van der Waals surface area (Å²) in [7, 11) is 1.97. The summed E-state index contributed by atoms with van der Waals surface area (Å²) in [5.41, 5.74) is 6.15. The molecule has 3 N–H and O–H groups in total. The summed E-state index contributed by atoms with van der Waals surface area (Å²) in [4.78, 5) is 0. The van der Waals surface area contributed by atoms with Gasteiger partial charge in [0.25, 0.3) is 0 Å². The molecule has 72 valence electrons. The van der Waals surface area contributed by atoms with Crippen LogP contribution in [0.15, 0.2) is 0 Å². The summed E-state index contributed by atoms with van der Waals surface area (Å²) in [6, 6.07) is 0. The van der Waals surface area contributed by atoms with Crippen molar-refractivity contribution >= 4 is 0 Å². The smallest absolute Gasteiger partial charge is 0.0278 e. The van der Waals surface area contributed by atoms with Gasteiger partial charge in [-0.05, 0) is 32.2 Å². The minimum Gasteiger partial charge on any atom is -0.324 e. The summed E-state index contributed by atoms with van der Waals surface area (Å²) >= 11 is 0. The molecule has 0 bridgehead atoms. The molecule has 0 aromatic heterocycles. The van der Waals surface area contributed by atoms with Crippen molar-refractivity contribution in [3.63, 3.8) is 0 Å². The van der Waals surface area contributed by atoms with Gasteiger partial charge >= 0.3 is 0 Å². The van der Waals surface area contributed by atoms with Crippen LogP contribution in [-0.2, 0) is 0 Å². The van der Waals surface area contributed by atoms with Gasteiger partial charge in [0.05, 0.1) is 0 Å². The third-order valence-corrected chi connectivity index (χ3v) is 3.07. The first-order valence-electron chi connectivity index (χ1n) is 4.99. The molecule has 0 aromatic rings. The zero-order valence-corrected chi connectivity index (χ0v) is 8.56. The Labute approximate surface area is 75.9 Å².